The molecule has 2 saturated heterocycles. The number of alkyl halides is 1. The molecule has 0 aromatic heterocycles. The van der Waals surface area contributed by atoms with Gasteiger partial charge < -0.3 is 25.4 Å². The van der Waals surface area contributed by atoms with Crippen LogP contribution >= 0.6 is 28.3 Å². The minimum absolute atomic E-state index is 0. The Morgan fingerprint density at radius 3 is 1.64 bits per heavy atom. The van der Waals surface area contributed by atoms with Gasteiger partial charge in [-0.15, -0.1) is 12.4 Å². The Kier molecular flexibility index (Phi) is 18.4. The number of carbonyl (C=O) groups is 2. The normalized spacial score (nSPS) is 17.0. The molecule has 2 aromatic carbocycles. The van der Waals surface area contributed by atoms with Crippen LogP contribution in [-0.4, -0.2) is 82.1 Å². The number of piperidine rings is 2. The monoisotopic (exact) mass is 668 g/mol. The van der Waals surface area contributed by atoms with Crippen molar-refractivity contribution in [2.24, 2.45) is 10.8 Å². The Balaban J connectivity index is 0.000000341. The highest BCUT2D eigenvalue weighted by Crippen LogP contribution is 2.31. The van der Waals surface area contributed by atoms with E-state index in [1.54, 1.807) is 14.1 Å². The Bertz CT molecular complexity index is 1000. The average molecular weight is 670 g/mol. The van der Waals surface area contributed by atoms with E-state index in [2.05, 4.69) is 43.7 Å². The summed E-state index contributed by atoms with van der Waals surface area (Å²) in [6.07, 6.45) is 3.73. The molecule has 42 heavy (non-hydrogen) atoms. The zero-order chi connectivity index (χ0) is 30.0. The molecule has 0 atom stereocenters. The quantitative estimate of drug-likeness (QED) is 0.329. The lowest BCUT2D eigenvalue weighted by Crippen LogP contribution is -2.47. The van der Waals surface area contributed by atoms with Gasteiger partial charge in [-0.25, -0.2) is 0 Å². The van der Waals surface area contributed by atoms with Crippen LogP contribution in [0.5, 0.6) is 11.5 Å². The number of rotatable bonds is 9. The van der Waals surface area contributed by atoms with Gasteiger partial charge in [-0.3, -0.25) is 14.5 Å². The van der Waals surface area contributed by atoms with Gasteiger partial charge in [0.2, 0.25) is 11.8 Å². The summed E-state index contributed by atoms with van der Waals surface area (Å²) >= 11 is 3.28. The summed E-state index contributed by atoms with van der Waals surface area (Å²) in [7, 11) is 3.42. The number of hydrogen-bond acceptors (Lipinski definition) is 6. The van der Waals surface area contributed by atoms with Crippen molar-refractivity contribution in [2.75, 3.05) is 65.4 Å². The lowest BCUT2D eigenvalue weighted by Gasteiger charge is -2.37. The molecule has 4 rings (SSSR count). The van der Waals surface area contributed by atoms with E-state index in [1.807, 2.05) is 67.6 Å². The smallest absolute Gasteiger partial charge is 0.225 e. The lowest BCUT2D eigenvalue weighted by molar-refractivity contribution is -0.132. The number of benzene rings is 2. The first-order chi connectivity index (χ1) is 19.8. The Labute approximate surface area is 267 Å². The number of ether oxygens (including phenoxy) is 2. The van der Waals surface area contributed by atoms with Crippen molar-refractivity contribution >= 4 is 40.2 Å². The molecular weight excluding hydrogens is 620 g/mol. The molecule has 2 aromatic rings. The summed E-state index contributed by atoms with van der Waals surface area (Å²) in [5, 5.41) is 9.60. The minimum Gasteiger partial charge on any atom is -0.493 e. The second-order valence-corrected chi connectivity index (χ2v) is 11.7. The maximum Gasteiger partial charge on any atom is 0.225 e. The number of nitrogens with one attached hydrogen (secondary N) is 3. The molecule has 236 valence electrons. The molecule has 0 spiro atoms. The van der Waals surface area contributed by atoms with Crippen molar-refractivity contribution < 1.29 is 19.1 Å². The van der Waals surface area contributed by atoms with Crippen LogP contribution in [0.2, 0.25) is 0 Å². The molecule has 0 aliphatic carbocycles. The first-order valence-corrected chi connectivity index (χ1v) is 15.7. The van der Waals surface area contributed by atoms with Crippen LogP contribution < -0.4 is 25.4 Å². The number of halogens is 2. The van der Waals surface area contributed by atoms with Gasteiger partial charge >= 0.3 is 0 Å². The highest BCUT2D eigenvalue weighted by Gasteiger charge is 2.36. The van der Waals surface area contributed by atoms with Crippen LogP contribution in [0, 0.1) is 10.8 Å². The second-order valence-electron chi connectivity index (χ2n) is 10.9. The summed E-state index contributed by atoms with van der Waals surface area (Å²) < 4.78 is 11.0. The summed E-state index contributed by atoms with van der Waals surface area (Å²) in [5.74, 6) is 2.19. The molecule has 8 nitrogen and oxygen atoms in total. The van der Waals surface area contributed by atoms with Crippen LogP contribution in [-0.2, 0) is 9.59 Å². The number of para-hydroxylation sites is 2. The number of likely N-dealkylation sites (tertiary alicyclic amines) is 1. The first-order valence-electron chi connectivity index (χ1n) is 14.6. The summed E-state index contributed by atoms with van der Waals surface area (Å²) in [6, 6.07) is 19.7. The van der Waals surface area contributed by atoms with Gasteiger partial charge in [0.15, 0.2) is 0 Å². The fourth-order valence-electron chi connectivity index (χ4n) is 4.79. The number of amides is 2. The third-order valence-electron chi connectivity index (χ3n) is 7.73. The van der Waals surface area contributed by atoms with E-state index < -0.39 is 0 Å². The van der Waals surface area contributed by atoms with E-state index >= 15 is 0 Å². The molecule has 0 saturated carbocycles. The minimum atomic E-state index is -0.203. The molecule has 2 fully saturated rings. The molecule has 2 amide bonds. The van der Waals surface area contributed by atoms with Crippen LogP contribution in [0.1, 0.15) is 39.5 Å². The van der Waals surface area contributed by atoms with E-state index in [4.69, 9.17) is 9.47 Å². The van der Waals surface area contributed by atoms with Crippen molar-refractivity contribution in [3.63, 3.8) is 0 Å². The molecule has 10 heteroatoms. The van der Waals surface area contributed by atoms with Crippen LogP contribution in [0.15, 0.2) is 60.7 Å². The third-order valence-corrected chi connectivity index (χ3v) is 8.05. The molecule has 2 heterocycles. The molecule has 0 bridgehead atoms. The van der Waals surface area contributed by atoms with Gasteiger partial charge in [0.25, 0.3) is 0 Å². The predicted octanol–water partition coefficient (Wildman–Crippen LogP) is 4.92. The van der Waals surface area contributed by atoms with Gasteiger partial charge in [-0.2, -0.15) is 0 Å². The fourth-order valence-corrected chi connectivity index (χ4v) is 4.95. The summed E-state index contributed by atoms with van der Waals surface area (Å²) in [4.78, 5) is 25.6. The maximum atomic E-state index is 11.8. The zero-order valence-electron chi connectivity index (χ0n) is 25.6. The van der Waals surface area contributed by atoms with E-state index in [1.165, 1.54) is 0 Å². The third kappa shape index (κ3) is 13.3. The van der Waals surface area contributed by atoms with Crippen LogP contribution in [0.4, 0.5) is 0 Å². The van der Waals surface area contributed by atoms with Gasteiger partial charge in [0.05, 0.1) is 6.61 Å². The highest BCUT2D eigenvalue weighted by atomic mass is 79.9. The molecule has 0 unspecified atom stereocenters. The molecule has 3 N–H and O–H groups in total. The number of nitrogens with zero attached hydrogens (tertiary/aromatic N) is 1. The number of hydrogen-bond donors (Lipinski definition) is 3. The lowest BCUT2D eigenvalue weighted by atomic mass is 9.79. The SMILES string of the molecule is BrCCOc1ccccc1.CNC(=O)C1(C)CCN(CCOc2ccccc2)CC1.CNC(=O)C1(C)CCNCC1.Cl. The largest absolute Gasteiger partial charge is 0.493 e. The first kappa shape index (κ1) is 37.7. The highest BCUT2D eigenvalue weighted by molar-refractivity contribution is 9.09. The molecule has 0 radical (unpaired) electrons. The maximum absolute atomic E-state index is 11.8. The van der Waals surface area contributed by atoms with Gasteiger partial charge in [-0.05, 0) is 76.1 Å². The summed E-state index contributed by atoms with van der Waals surface area (Å²) in [6.45, 7) is 10.3. The standard InChI is InChI=1S/C16H24N2O2.C8H9BrO.C8H16N2O.ClH/c1-16(15(19)17-2)8-10-18(11-9-16)12-13-20-14-6-4-3-5-7-14;9-6-7-10-8-4-2-1-3-5-8;1-8(7(11)9-2)3-5-10-6-4-8;/h3-7H,8-13H2,1-2H3,(H,17,19);1-5H,6-7H2;10H,3-6H2,1-2H3,(H,9,11);1H. The van der Waals surface area contributed by atoms with E-state index in [-0.39, 0.29) is 35.1 Å². The van der Waals surface area contributed by atoms with E-state index in [0.717, 1.165) is 81.8 Å². The topological polar surface area (TPSA) is 91.9 Å². The van der Waals surface area contributed by atoms with Crippen molar-refractivity contribution in [2.45, 2.75) is 39.5 Å². The molecule has 2 aliphatic rings. The number of carbonyl (C=O) groups excluding carboxylic acids is 2. The van der Waals surface area contributed by atoms with Crippen molar-refractivity contribution in [3.05, 3.63) is 60.7 Å². The van der Waals surface area contributed by atoms with E-state index in [0.29, 0.717) is 6.61 Å². The summed E-state index contributed by atoms with van der Waals surface area (Å²) in [5.41, 5.74) is -0.328. The Morgan fingerprint density at radius 2 is 1.21 bits per heavy atom. The van der Waals surface area contributed by atoms with Crippen molar-refractivity contribution in [1.29, 1.82) is 0 Å². The van der Waals surface area contributed by atoms with Crippen molar-refractivity contribution in [1.82, 2.24) is 20.9 Å². The van der Waals surface area contributed by atoms with Gasteiger partial charge in [-0.1, -0.05) is 66.2 Å². The van der Waals surface area contributed by atoms with Gasteiger partial charge in [0, 0.05) is 36.8 Å². The predicted molar refractivity (Wildman–Crippen MR) is 177 cm³/mol. The Morgan fingerprint density at radius 1 is 0.786 bits per heavy atom. The molecular formula is C32H50BrClN4O4. The van der Waals surface area contributed by atoms with Crippen LogP contribution in [0.3, 0.4) is 0 Å². The van der Waals surface area contributed by atoms with Crippen LogP contribution in [0.25, 0.3) is 0 Å². The van der Waals surface area contributed by atoms with Gasteiger partial charge in [0.1, 0.15) is 18.1 Å². The van der Waals surface area contributed by atoms with E-state index in [9.17, 15) is 9.59 Å². The second kappa shape index (κ2) is 20.6. The average Bonchev–Trinajstić information content (AvgIpc) is 3.02. The van der Waals surface area contributed by atoms with Crippen molar-refractivity contribution in [3.8, 4) is 11.5 Å². The molecule has 2 aliphatic heterocycles. The zero-order valence-corrected chi connectivity index (χ0v) is 28.0. The fraction of sp³-hybridized carbons (Fsp3) is 0.562. The Hall–Kier alpha value is -2.33.